The molecule has 1 fully saturated rings. The first-order valence-electron chi connectivity index (χ1n) is 8.41. The van der Waals surface area contributed by atoms with Gasteiger partial charge in [0.1, 0.15) is 5.75 Å². The molecule has 0 aliphatic carbocycles. The van der Waals surface area contributed by atoms with Crippen molar-refractivity contribution in [1.82, 2.24) is 4.90 Å². The number of nitrogens with zero attached hydrogens (tertiary/aromatic N) is 1. The average molecular weight is 384 g/mol. The van der Waals surface area contributed by atoms with Crippen LogP contribution in [0.2, 0.25) is 5.02 Å². The number of hydrogen-bond donors (Lipinski definition) is 2. The minimum Gasteiger partial charge on any atom is -0.493 e. The van der Waals surface area contributed by atoms with Crippen LogP contribution in [-0.2, 0) is 9.59 Å². The molecule has 1 unspecified atom stereocenters. The number of halogens is 1. The standard InChI is InChI=1S/C15H22ClNO.C4H4O4/c1-11-7-14(16)8-12(2)15(11)18-10-13-5-4-6-17(3)9-13;5-3(6)1-2-4(7)8/h7-8,13H,4-6,9-10H2,1-3H3;1-2H,(H,5,6)(H,7,8)/b;2-1+. The van der Waals surface area contributed by atoms with Crippen LogP contribution in [0.3, 0.4) is 0 Å². The van der Waals surface area contributed by atoms with Gasteiger partial charge in [0.15, 0.2) is 0 Å². The summed E-state index contributed by atoms with van der Waals surface area (Å²) < 4.78 is 6.03. The SMILES string of the molecule is Cc1cc(Cl)cc(C)c1OCC1CCCN(C)C1.O=C(O)/C=C/C(=O)O. The topological polar surface area (TPSA) is 87.1 Å². The van der Waals surface area contributed by atoms with Gasteiger partial charge in [-0.3, -0.25) is 0 Å². The second kappa shape index (κ2) is 10.8. The molecule has 1 aliphatic rings. The highest BCUT2D eigenvalue weighted by molar-refractivity contribution is 6.30. The molecule has 0 amide bonds. The molecule has 1 aromatic rings. The molecule has 1 aromatic carbocycles. The molecule has 7 heteroatoms. The Morgan fingerprint density at radius 2 is 1.77 bits per heavy atom. The lowest BCUT2D eigenvalue weighted by molar-refractivity contribution is -0.134. The fourth-order valence-electron chi connectivity index (χ4n) is 2.88. The molecule has 0 radical (unpaired) electrons. The summed E-state index contributed by atoms with van der Waals surface area (Å²) in [4.78, 5) is 21.5. The van der Waals surface area contributed by atoms with E-state index in [2.05, 4.69) is 25.8 Å². The molecule has 2 rings (SSSR count). The maximum absolute atomic E-state index is 9.55. The third-order valence-corrected chi connectivity index (χ3v) is 4.20. The monoisotopic (exact) mass is 383 g/mol. The van der Waals surface area contributed by atoms with Crippen molar-refractivity contribution in [2.24, 2.45) is 5.92 Å². The van der Waals surface area contributed by atoms with Crippen molar-refractivity contribution in [1.29, 1.82) is 0 Å². The smallest absolute Gasteiger partial charge is 0.328 e. The Hall–Kier alpha value is -2.05. The number of benzene rings is 1. The lowest BCUT2D eigenvalue weighted by atomic mass is 9.99. The van der Waals surface area contributed by atoms with Gasteiger partial charge in [-0.15, -0.1) is 0 Å². The van der Waals surface area contributed by atoms with Crippen LogP contribution in [0, 0.1) is 19.8 Å². The summed E-state index contributed by atoms with van der Waals surface area (Å²) in [5.74, 6) is -0.856. The Kier molecular flexibility index (Phi) is 9.16. The van der Waals surface area contributed by atoms with Gasteiger partial charge in [-0.05, 0) is 63.5 Å². The van der Waals surface area contributed by atoms with E-state index >= 15 is 0 Å². The van der Waals surface area contributed by atoms with Crippen LogP contribution in [0.4, 0.5) is 0 Å². The molecule has 1 saturated heterocycles. The molecule has 2 N–H and O–H groups in total. The van der Waals surface area contributed by atoms with Crippen LogP contribution < -0.4 is 4.74 Å². The largest absolute Gasteiger partial charge is 0.493 e. The van der Waals surface area contributed by atoms with Crippen LogP contribution in [0.25, 0.3) is 0 Å². The molecule has 1 heterocycles. The van der Waals surface area contributed by atoms with E-state index < -0.39 is 11.9 Å². The van der Waals surface area contributed by atoms with Crippen LogP contribution in [-0.4, -0.2) is 53.8 Å². The maximum atomic E-state index is 9.55. The van der Waals surface area contributed by atoms with Gasteiger partial charge in [-0.1, -0.05) is 11.6 Å². The summed E-state index contributed by atoms with van der Waals surface area (Å²) >= 11 is 6.03. The number of aliphatic carboxylic acids is 2. The van der Waals surface area contributed by atoms with Crippen molar-refractivity contribution in [2.75, 3.05) is 26.7 Å². The second-order valence-electron chi connectivity index (χ2n) is 6.46. The number of rotatable bonds is 5. The number of likely N-dealkylation sites (tertiary alicyclic amines) is 1. The van der Waals surface area contributed by atoms with Gasteiger partial charge in [-0.25, -0.2) is 9.59 Å². The molecule has 0 spiro atoms. The van der Waals surface area contributed by atoms with Crippen molar-refractivity contribution in [3.63, 3.8) is 0 Å². The number of ether oxygens (including phenoxy) is 1. The van der Waals surface area contributed by atoms with Crippen LogP contribution in [0.1, 0.15) is 24.0 Å². The highest BCUT2D eigenvalue weighted by Gasteiger charge is 2.18. The fraction of sp³-hybridized carbons (Fsp3) is 0.474. The normalized spacial score (nSPS) is 17.5. The number of carbonyl (C=O) groups is 2. The molecule has 0 bridgehead atoms. The van der Waals surface area contributed by atoms with Crippen molar-refractivity contribution in [3.05, 3.63) is 40.4 Å². The molecule has 6 nitrogen and oxygen atoms in total. The highest BCUT2D eigenvalue weighted by Crippen LogP contribution is 2.28. The summed E-state index contributed by atoms with van der Waals surface area (Å²) in [5.41, 5.74) is 2.26. The molecular formula is C19H26ClNO5. The average Bonchev–Trinajstić information content (AvgIpc) is 2.52. The molecule has 1 atom stereocenters. The van der Waals surface area contributed by atoms with Crippen molar-refractivity contribution >= 4 is 23.5 Å². The minimum absolute atomic E-state index is 0.558. The van der Waals surface area contributed by atoms with Gasteiger partial charge in [0.05, 0.1) is 6.61 Å². The lowest BCUT2D eigenvalue weighted by Gasteiger charge is -2.29. The molecule has 0 aromatic heterocycles. The van der Waals surface area contributed by atoms with Gasteiger partial charge < -0.3 is 19.8 Å². The van der Waals surface area contributed by atoms with E-state index in [0.717, 1.165) is 35.1 Å². The van der Waals surface area contributed by atoms with E-state index in [9.17, 15) is 9.59 Å². The summed E-state index contributed by atoms with van der Waals surface area (Å²) in [7, 11) is 2.19. The molecule has 144 valence electrons. The number of hydrogen-bond acceptors (Lipinski definition) is 4. The summed E-state index contributed by atoms with van der Waals surface area (Å²) in [6.45, 7) is 7.29. The molecule has 1 aliphatic heterocycles. The molecular weight excluding hydrogens is 358 g/mol. The van der Waals surface area contributed by atoms with Gasteiger partial charge in [0, 0.05) is 29.6 Å². The van der Waals surface area contributed by atoms with E-state index in [-0.39, 0.29) is 0 Å². The predicted molar refractivity (Wildman–Crippen MR) is 101 cm³/mol. The Balaban J connectivity index is 0.000000359. The molecule has 0 saturated carbocycles. The Bertz CT molecular complexity index is 620. The highest BCUT2D eigenvalue weighted by atomic mass is 35.5. The van der Waals surface area contributed by atoms with Crippen LogP contribution in [0.15, 0.2) is 24.3 Å². The van der Waals surface area contributed by atoms with E-state index in [4.69, 9.17) is 26.6 Å². The Labute approximate surface area is 159 Å². The third kappa shape index (κ3) is 8.36. The van der Waals surface area contributed by atoms with E-state index in [1.807, 2.05) is 12.1 Å². The van der Waals surface area contributed by atoms with E-state index in [1.165, 1.54) is 19.4 Å². The van der Waals surface area contributed by atoms with E-state index in [0.29, 0.717) is 18.1 Å². The fourth-order valence-corrected chi connectivity index (χ4v) is 3.21. The lowest BCUT2D eigenvalue weighted by Crippen LogP contribution is -2.34. The first kappa shape index (κ1) is 22.0. The Morgan fingerprint density at radius 1 is 1.23 bits per heavy atom. The van der Waals surface area contributed by atoms with Crippen molar-refractivity contribution < 1.29 is 24.5 Å². The summed E-state index contributed by atoms with van der Waals surface area (Å²) in [5, 5.41) is 16.4. The summed E-state index contributed by atoms with van der Waals surface area (Å²) in [6, 6.07) is 3.94. The third-order valence-electron chi connectivity index (χ3n) is 3.98. The zero-order chi connectivity index (χ0) is 19.7. The summed E-state index contributed by atoms with van der Waals surface area (Å²) in [6.07, 6.45) is 3.67. The second-order valence-corrected chi connectivity index (χ2v) is 6.90. The maximum Gasteiger partial charge on any atom is 0.328 e. The van der Waals surface area contributed by atoms with Crippen molar-refractivity contribution in [3.8, 4) is 5.75 Å². The number of carboxylic acid groups (broad SMARTS) is 2. The number of piperidine rings is 1. The number of aryl methyl sites for hydroxylation is 2. The Morgan fingerprint density at radius 3 is 2.23 bits per heavy atom. The van der Waals surface area contributed by atoms with Gasteiger partial charge in [0.2, 0.25) is 0 Å². The minimum atomic E-state index is -1.26. The predicted octanol–water partition coefficient (Wildman–Crippen LogP) is 3.39. The van der Waals surface area contributed by atoms with Crippen molar-refractivity contribution in [2.45, 2.75) is 26.7 Å². The molecule has 26 heavy (non-hydrogen) atoms. The van der Waals surface area contributed by atoms with Gasteiger partial charge in [0.25, 0.3) is 0 Å². The van der Waals surface area contributed by atoms with Gasteiger partial charge >= 0.3 is 11.9 Å². The van der Waals surface area contributed by atoms with Crippen LogP contribution in [0.5, 0.6) is 5.75 Å². The van der Waals surface area contributed by atoms with E-state index in [1.54, 1.807) is 0 Å². The number of carboxylic acids is 2. The first-order valence-corrected chi connectivity index (χ1v) is 8.79. The zero-order valence-corrected chi connectivity index (χ0v) is 16.1. The quantitative estimate of drug-likeness (QED) is 0.758. The zero-order valence-electron chi connectivity index (χ0n) is 15.4. The first-order chi connectivity index (χ1) is 12.2. The van der Waals surface area contributed by atoms with Crippen LogP contribution >= 0.6 is 11.6 Å². The van der Waals surface area contributed by atoms with Gasteiger partial charge in [-0.2, -0.15) is 0 Å².